The van der Waals surface area contributed by atoms with Crippen LogP contribution in [0.15, 0.2) is 6.07 Å². The van der Waals surface area contributed by atoms with Crippen LogP contribution in [0, 0.1) is 0 Å². The monoisotopic (exact) mass is 225 g/mol. The average Bonchev–Trinajstić information content (AvgIpc) is 2.13. The smallest absolute Gasteiger partial charge is 0.223 e. The third-order valence-corrected chi connectivity index (χ3v) is 1.99. The molecule has 1 rings (SSSR count). The lowest BCUT2D eigenvalue weighted by Gasteiger charge is -2.25. The fourth-order valence-corrected chi connectivity index (χ4v) is 1.32. The van der Waals surface area contributed by atoms with Gasteiger partial charge in [0.25, 0.3) is 0 Å². The molecule has 0 bridgehead atoms. The van der Waals surface area contributed by atoms with Gasteiger partial charge >= 0.3 is 0 Å². The third-order valence-electron chi connectivity index (χ3n) is 1.99. The lowest BCUT2D eigenvalue weighted by molar-refractivity contribution is 0.000642. The van der Waals surface area contributed by atoms with Gasteiger partial charge in [-0.25, -0.2) is 0 Å². The van der Waals surface area contributed by atoms with Gasteiger partial charge in [0, 0.05) is 19.2 Å². The van der Waals surface area contributed by atoms with Crippen molar-refractivity contribution in [1.29, 1.82) is 0 Å². The van der Waals surface area contributed by atoms with Gasteiger partial charge in [-0.2, -0.15) is 9.97 Å². The molecule has 0 fully saturated rings. The molecule has 0 atom stereocenters. The molecule has 1 aromatic rings. The molecule has 0 unspecified atom stereocenters. The van der Waals surface area contributed by atoms with Crippen molar-refractivity contribution in [3.63, 3.8) is 0 Å². The first-order valence-corrected chi connectivity index (χ1v) is 5.21. The Morgan fingerprint density at radius 2 is 2.06 bits per heavy atom. The molecule has 0 radical (unpaired) electrons. The first-order valence-electron chi connectivity index (χ1n) is 5.21. The van der Waals surface area contributed by atoms with Crippen molar-refractivity contribution >= 4 is 17.6 Å². The van der Waals surface area contributed by atoms with Crippen molar-refractivity contribution in [1.82, 2.24) is 9.97 Å². The fraction of sp³-hybridized carbons (Fsp3) is 0.600. The van der Waals surface area contributed by atoms with E-state index in [1.54, 1.807) is 6.07 Å². The predicted octanol–water partition coefficient (Wildman–Crippen LogP) is 0.868. The molecule has 0 spiro atoms. The number of anilines is 3. The van der Waals surface area contributed by atoms with Crippen LogP contribution in [0.4, 0.5) is 17.6 Å². The van der Waals surface area contributed by atoms with Gasteiger partial charge in [-0.15, -0.1) is 0 Å². The van der Waals surface area contributed by atoms with Crippen LogP contribution in [-0.4, -0.2) is 28.7 Å². The van der Waals surface area contributed by atoms with Crippen LogP contribution in [0.1, 0.15) is 20.8 Å². The molecule has 1 aromatic heterocycles. The summed E-state index contributed by atoms with van der Waals surface area (Å²) in [5, 5.41) is 3.12. The molecule has 0 aliphatic carbocycles. The molecule has 0 aliphatic heterocycles. The molecule has 90 valence electrons. The standard InChI is InChI=1S/C10H19N5O/c1-4-16-10(2,3)6-13-8-5-7(11)14-9(12)15-8/h5H,4,6H2,1-3H3,(H5,11,12,13,14,15). The minimum absolute atomic E-state index is 0.164. The molecular weight excluding hydrogens is 206 g/mol. The quantitative estimate of drug-likeness (QED) is 0.687. The lowest BCUT2D eigenvalue weighted by atomic mass is 10.1. The second kappa shape index (κ2) is 4.98. The normalized spacial score (nSPS) is 11.4. The molecule has 0 saturated heterocycles. The van der Waals surface area contributed by atoms with E-state index in [1.807, 2.05) is 20.8 Å². The van der Waals surface area contributed by atoms with E-state index >= 15 is 0 Å². The van der Waals surface area contributed by atoms with Gasteiger partial charge in [0.1, 0.15) is 11.6 Å². The number of nitrogens with zero attached hydrogens (tertiary/aromatic N) is 2. The van der Waals surface area contributed by atoms with Gasteiger partial charge in [-0.3, -0.25) is 0 Å². The van der Waals surface area contributed by atoms with Crippen LogP contribution < -0.4 is 16.8 Å². The molecule has 5 N–H and O–H groups in total. The molecule has 0 saturated carbocycles. The molecule has 16 heavy (non-hydrogen) atoms. The molecular formula is C10H19N5O. The Morgan fingerprint density at radius 3 is 2.62 bits per heavy atom. The summed E-state index contributed by atoms with van der Waals surface area (Å²) >= 11 is 0. The summed E-state index contributed by atoms with van der Waals surface area (Å²) in [4.78, 5) is 7.81. The largest absolute Gasteiger partial charge is 0.383 e. The van der Waals surface area contributed by atoms with E-state index in [9.17, 15) is 0 Å². The fourth-order valence-electron chi connectivity index (χ4n) is 1.32. The second-order valence-corrected chi connectivity index (χ2v) is 4.08. The van der Waals surface area contributed by atoms with Gasteiger partial charge in [-0.05, 0) is 20.8 Å². The van der Waals surface area contributed by atoms with Crippen molar-refractivity contribution in [3.05, 3.63) is 6.07 Å². The maximum atomic E-state index is 5.56. The van der Waals surface area contributed by atoms with Crippen LogP contribution in [-0.2, 0) is 4.74 Å². The van der Waals surface area contributed by atoms with E-state index in [1.165, 1.54) is 0 Å². The number of aromatic nitrogens is 2. The lowest BCUT2D eigenvalue weighted by Crippen LogP contribution is -2.33. The predicted molar refractivity (Wildman–Crippen MR) is 65.1 cm³/mol. The van der Waals surface area contributed by atoms with Crippen LogP contribution >= 0.6 is 0 Å². The Balaban J connectivity index is 2.60. The van der Waals surface area contributed by atoms with Gasteiger partial charge in [-0.1, -0.05) is 0 Å². The average molecular weight is 225 g/mol. The molecule has 0 aromatic carbocycles. The summed E-state index contributed by atoms with van der Waals surface area (Å²) in [5.41, 5.74) is 10.8. The minimum Gasteiger partial charge on any atom is -0.383 e. The summed E-state index contributed by atoms with van der Waals surface area (Å²) in [6, 6.07) is 1.64. The number of hydrogen-bond donors (Lipinski definition) is 3. The van der Waals surface area contributed by atoms with E-state index in [4.69, 9.17) is 16.2 Å². The van der Waals surface area contributed by atoms with Crippen LogP contribution in [0.5, 0.6) is 0 Å². The van der Waals surface area contributed by atoms with E-state index in [2.05, 4.69) is 15.3 Å². The Labute approximate surface area is 95.4 Å². The molecule has 0 aliphatic rings. The summed E-state index contributed by atoms with van der Waals surface area (Å²) in [6.45, 7) is 7.25. The number of ether oxygens (including phenoxy) is 1. The first-order chi connectivity index (χ1) is 7.43. The Morgan fingerprint density at radius 1 is 1.38 bits per heavy atom. The summed E-state index contributed by atoms with van der Waals surface area (Å²) in [7, 11) is 0. The van der Waals surface area contributed by atoms with Gasteiger partial charge < -0.3 is 21.5 Å². The zero-order valence-electron chi connectivity index (χ0n) is 9.95. The van der Waals surface area contributed by atoms with Crippen molar-refractivity contribution in [2.75, 3.05) is 29.9 Å². The van der Waals surface area contributed by atoms with Crippen molar-refractivity contribution in [2.24, 2.45) is 0 Å². The minimum atomic E-state index is -0.261. The Kier molecular flexibility index (Phi) is 3.89. The maximum absolute atomic E-state index is 5.56. The highest BCUT2D eigenvalue weighted by Gasteiger charge is 2.17. The van der Waals surface area contributed by atoms with Crippen LogP contribution in [0.2, 0.25) is 0 Å². The Bertz CT molecular complexity index is 333. The zero-order valence-corrected chi connectivity index (χ0v) is 9.95. The summed E-state index contributed by atoms with van der Waals surface area (Å²) < 4.78 is 5.54. The van der Waals surface area contributed by atoms with E-state index in [-0.39, 0.29) is 11.5 Å². The highest BCUT2D eigenvalue weighted by Crippen LogP contribution is 2.13. The Hall–Kier alpha value is -1.56. The number of nitrogens with two attached hydrogens (primary N) is 2. The molecule has 1 heterocycles. The number of rotatable bonds is 5. The molecule has 6 heteroatoms. The summed E-state index contributed by atoms with van der Waals surface area (Å²) in [6.07, 6.45) is 0. The number of nitrogens with one attached hydrogen (secondary N) is 1. The highest BCUT2D eigenvalue weighted by atomic mass is 16.5. The van der Waals surface area contributed by atoms with Gasteiger partial charge in [0.15, 0.2) is 0 Å². The zero-order chi connectivity index (χ0) is 12.2. The van der Waals surface area contributed by atoms with Gasteiger partial charge in [0.2, 0.25) is 5.95 Å². The van der Waals surface area contributed by atoms with Crippen molar-refractivity contribution < 1.29 is 4.74 Å². The number of nitrogen functional groups attached to an aromatic ring is 2. The first kappa shape index (κ1) is 12.5. The highest BCUT2D eigenvalue weighted by molar-refractivity contribution is 5.48. The second-order valence-electron chi connectivity index (χ2n) is 4.08. The maximum Gasteiger partial charge on any atom is 0.223 e. The van der Waals surface area contributed by atoms with Gasteiger partial charge in [0.05, 0.1) is 5.60 Å². The topological polar surface area (TPSA) is 99.1 Å². The van der Waals surface area contributed by atoms with E-state index in [0.717, 1.165) is 0 Å². The molecule has 0 amide bonds. The SMILES string of the molecule is CCOC(C)(C)CNc1cc(N)nc(N)n1. The summed E-state index contributed by atoms with van der Waals surface area (Å²) in [5.74, 6) is 1.12. The van der Waals surface area contributed by atoms with Crippen molar-refractivity contribution in [2.45, 2.75) is 26.4 Å². The number of hydrogen-bond acceptors (Lipinski definition) is 6. The molecule has 6 nitrogen and oxygen atoms in total. The van der Waals surface area contributed by atoms with Crippen molar-refractivity contribution in [3.8, 4) is 0 Å². The van der Waals surface area contributed by atoms with Crippen LogP contribution in [0.25, 0.3) is 0 Å². The van der Waals surface area contributed by atoms with E-state index < -0.39 is 0 Å². The third kappa shape index (κ3) is 3.90. The van der Waals surface area contributed by atoms with Crippen LogP contribution in [0.3, 0.4) is 0 Å². The van der Waals surface area contributed by atoms with E-state index in [0.29, 0.717) is 24.8 Å².